The fourth-order valence-electron chi connectivity index (χ4n) is 7.06. The summed E-state index contributed by atoms with van der Waals surface area (Å²) in [7, 11) is 0. The minimum absolute atomic E-state index is 0.0881. The number of piperidine rings is 1. The molecule has 0 radical (unpaired) electrons. The van der Waals surface area contributed by atoms with Crippen molar-refractivity contribution >= 4 is 17.7 Å². The van der Waals surface area contributed by atoms with Gasteiger partial charge in [-0.2, -0.15) is 5.26 Å². The van der Waals surface area contributed by atoms with Crippen LogP contribution >= 0.6 is 0 Å². The molecule has 42 heavy (non-hydrogen) atoms. The van der Waals surface area contributed by atoms with E-state index in [1.165, 1.54) is 0 Å². The summed E-state index contributed by atoms with van der Waals surface area (Å²) in [6, 6.07) is 9.55. The van der Waals surface area contributed by atoms with Gasteiger partial charge in [-0.25, -0.2) is 18.7 Å². The van der Waals surface area contributed by atoms with Gasteiger partial charge in [0, 0.05) is 35.8 Å². The lowest BCUT2D eigenvalue weighted by Gasteiger charge is -2.39. The Morgan fingerprint density at radius 1 is 1.02 bits per heavy atom. The molecule has 1 N–H and O–H groups in total. The van der Waals surface area contributed by atoms with Crippen molar-refractivity contribution in [3.05, 3.63) is 65.1 Å². The van der Waals surface area contributed by atoms with Crippen LogP contribution in [0.1, 0.15) is 94.4 Å². The van der Waals surface area contributed by atoms with Gasteiger partial charge in [0.1, 0.15) is 18.0 Å². The number of nitriles is 1. The van der Waals surface area contributed by atoms with Crippen molar-refractivity contribution in [1.82, 2.24) is 14.9 Å². The summed E-state index contributed by atoms with van der Waals surface area (Å²) < 4.78 is 31.8. The van der Waals surface area contributed by atoms with Crippen LogP contribution in [0.4, 0.5) is 20.4 Å². The van der Waals surface area contributed by atoms with Crippen LogP contribution in [0.2, 0.25) is 0 Å². The first-order valence-electron chi connectivity index (χ1n) is 15.7. The molecule has 1 aliphatic carbocycles. The van der Waals surface area contributed by atoms with Crippen molar-refractivity contribution in [1.29, 1.82) is 5.26 Å². The molecule has 1 aromatic carbocycles. The van der Waals surface area contributed by atoms with E-state index < -0.39 is 17.3 Å². The highest BCUT2D eigenvalue weighted by atomic mass is 19.3. The first-order valence-corrected chi connectivity index (χ1v) is 15.7. The Kier molecular flexibility index (Phi) is 7.82. The zero-order chi connectivity index (χ0) is 29.5. The highest BCUT2D eigenvalue weighted by molar-refractivity contribution is 5.84. The Morgan fingerprint density at radius 3 is 2.52 bits per heavy atom. The molecule has 1 saturated heterocycles. The van der Waals surface area contributed by atoms with Crippen molar-refractivity contribution in [3.63, 3.8) is 0 Å². The summed E-state index contributed by atoms with van der Waals surface area (Å²) in [5, 5.41) is 13.6. The third-order valence-electron chi connectivity index (χ3n) is 10.1. The number of nitrogens with one attached hydrogen (secondary N) is 1. The summed E-state index contributed by atoms with van der Waals surface area (Å²) in [6.45, 7) is 10.9. The molecule has 222 valence electrons. The van der Waals surface area contributed by atoms with Gasteiger partial charge in [0.25, 0.3) is 5.92 Å². The molecule has 1 saturated carbocycles. The number of hydrogen-bond donors (Lipinski definition) is 1. The van der Waals surface area contributed by atoms with E-state index in [1.807, 2.05) is 19.1 Å². The molecular formula is C34H42F2N6. The predicted octanol–water partition coefficient (Wildman–Crippen LogP) is 7.83. The van der Waals surface area contributed by atoms with Crippen LogP contribution in [0.15, 0.2) is 48.4 Å². The van der Waals surface area contributed by atoms with Crippen LogP contribution in [0.25, 0.3) is 6.08 Å². The summed E-state index contributed by atoms with van der Waals surface area (Å²) in [5.74, 6) is -2.11. The Bertz CT molecular complexity index is 1400. The molecule has 8 heteroatoms. The Morgan fingerprint density at radius 2 is 1.79 bits per heavy atom. The fraction of sp³-hybridized carbons (Fsp3) is 0.559. The molecule has 0 spiro atoms. The van der Waals surface area contributed by atoms with Crippen molar-refractivity contribution in [2.24, 2.45) is 11.3 Å². The molecular weight excluding hydrogens is 530 g/mol. The minimum Gasteiger partial charge on any atom is -0.363 e. The lowest BCUT2D eigenvalue weighted by Crippen LogP contribution is -2.43. The van der Waals surface area contributed by atoms with Crippen LogP contribution in [0, 0.1) is 22.7 Å². The Balaban J connectivity index is 1.36. The predicted molar refractivity (Wildman–Crippen MR) is 163 cm³/mol. The van der Waals surface area contributed by atoms with E-state index in [0.717, 1.165) is 92.8 Å². The highest BCUT2D eigenvalue weighted by Gasteiger charge is 2.50. The summed E-state index contributed by atoms with van der Waals surface area (Å²) in [6.07, 6.45) is 11.7. The zero-order valence-electron chi connectivity index (χ0n) is 24.9. The van der Waals surface area contributed by atoms with Crippen molar-refractivity contribution in [3.8, 4) is 6.07 Å². The number of anilines is 2. The lowest BCUT2D eigenvalue weighted by atomic mass is 9.85. The zero-order valence-corrected chi connectivity index (χ0v) is 24.9. The van der Waals surface area contributed by atoms with E-state index >= 15 is 8.78 Å². The second kappa shape index (κ2) is 11.4. The largest absolute Gasteiger partial charge is 0.363 e. The summed E-state index contributed by atoms with van der Waals surface area (Å²) in [5.41, 5.74) is 2.99. The third kappa shape index (κ3) is 5.32. The molecule has 6 nitrogen and oxygen atoms in total. The molecule has 0 amide bonds. The van der Waals surface area contributed by atoms with Gasteiger partial charge in [-0.05, 0) is 88.7 Å². The van der Waals surface area contributed by atoms with Gasteiger partial charge in [0.2, 0.25) is 0 Å². The van der Waals surface area contributed by atoms with Gasteiger partial charge in [-0.1, -0.05) is 44.0 Å². The van der Waals surface area contributed by atoms with E-state index in [4.69, 9.17) is 0 Å². The second-order valence-corrected chi connectivity index (χ2v) is 12.8. The highest BCUT2D eigenvalue weighted by Crippen LogP contribution is 2.56. The maximum atomic E-state index is 15.9. The number of alkyl halides is 2. The lowest BCUT2D eigenvalue weighted by molar-refractivity contribution is -0.0883. The van der Waals surface area contributed by atoms with E-state index in [1.54, 1.807) is 24.5 Å². The number of nitrogens with zero attached hydrogens (tertiary/aromatic N) is 5. The molecule has 2 aromatic rings. The number of hydrogen-bond acceptors (Lipinski definition) is 6. The minimum atomic E-state index is -2.88. The van der Waals surface area contributed by atoms with E-state index in [2.05, 4.69) is 44.7 Å². The number of allylic oxidation sites excluding steroid dienone is 1. The van der Waals surface area contributed by atoms with Gasteiger partial charge < -0.3 is 15.1 Å². The SMILES string of the molecule is C=C1C(C2(C#N)CC2)=Cc2c3ncnc2N1CCCCCCC(C)N1CCC(CC1)C(F)(F)c1cccc(c1)[C@@H](C)N3. The molecule has 8 bridgehead atoms. The van der Waals surface area contributed by atoms with Crippen LogP contribution in [-0.4, -0.2) is 40.5 Å². The Labute approximate surface area is 248 Å². The smallest absolute Gasteiger partial charge is 0.276 e. The number of rotatable bonds is 1. The maximum Gasteiger partial charge on any atom is 0.276 e. The van der Waals surface area contributed by atoms with Crippen LogP contribution in [0.5, 0.6) is 0 Å². The molecule has 4 aliphatic heterocycles. The molecule has 2 atom stereocenters. The van der Waals surface area contributed by atoms with E-state index in [9.17, 15) is 5.26 Å². The first kappa shape index (κ1) is 28.8. The first-order chi connectivity index (χ1) is 20.2. The van der Waals surface area contributed by atoms with E-state index in [-0.39, 0.29) is 11.6 Å². The van der Waals surface area contributed by atoms with Gasteiger partial charge in [-0.15, -0.1) is 0 Å². The fourth-order valence-corrected chi connectivity index (χ4v) is 7.06. The van der Waals surface area contributed by atoms with Crippen LogP contribution in [-0.2, 0) is 5.92 Å². The normalized spacial score (nSPS) is 29.0. The van der Waals surface area contributed by atoms with Gasteiger partial charge >= 0.3 is 0 Å². The van der Waals surface area contributed by atoms with Crippen molar-refractivity contribution in [2.75, 3.05) is 29.9 Å². The van der Waals surface area contributed by atoms with Gasteiger partial charge in [0.05, 0.1) is 17.0 Å². The van der Waals surface area contributed by atoms with Crippen LogP contribution in [0.3, 0.4) is 0 Å². The summed E-state index contributed by atoms with van der Waals surface area (Å²) >= 11 is 0. The monoisotopic (exact) mass is 572 g/mol. The number of fused-ring (bicyclic) bond motifs is 9. The maximum absolute atomic E-state index is 15.9. The second-order valence-electron chi connectivity index (χ2n) is 12.8. The van der Waals surface area contributed by atoms with Crippen molar-refractivity contribution < 1.29 is 8.78 Å². The molecule has 2 fully saturated rings. The topological polar surface area (TPSA) is 68.1 Å². The van der Waals surface area contributed by atoms with Gasteiger partial charge in [-0.3, -0.25) is 0 Å². The average Bonchev–Trinajstić information content (AvgIpc) is 3.80. The summed E-state index contributed by atoms with van der Waals surface area (Å²) in [4.78, 5) is 13.8. The average molecular weight is 573 g/mol. The molecule has 5 heterocycles. The molecule has 7 rings (SSSR count). The van der Waals surface area contributed by atoms with Crippen molar-refractivity contribution in [2.45, 2.75) is 89.6 Å². The number of halogens is 2. The van der Waals surface area contributed by atoms with E-state index in [0.29, 0.717) is 24.7 Å². The van der Waals surface area contributed by atoms with Gasteiger partial charge in [0.15, 0.2) is 0 Å². The molecule has 5 aliphatic rings. The number of benzene rings is 1. The van der Waals surface area contributed by atoms with Crippen LogP contribution < -0.4 is 10.2 Å². The quantitative estimate of drug-likeness (QED) is 0.376. The molecule has 1 aromatic heterocycles. The molecule has 1 unspecified atom stereocenters. The standard InChI is InChI=1S/C34H42F2N6/c1-23-9-6-4-5-7-16-42-25(3)30(33(21-37)14-15-33)20-29-31(38-22-39-32(29)42)40-24(2)26-10-8-11-28(19-26)34(35,36)27-12-17-41(23)18-13-27/h8,10-11,19-20,22-24,27H,3-7,9,12-18H2,1-2H3,(H,38,39,40)/t23?,24-/m1/s1. The third-order valence-corrected chi connectivity index (χ3v) is 10.1. The number of aromatic nitrogens is 2. The Hall–Kier alpha value is -3.31.